The predicted molar refractivity (Wildman–Crippen MR) is 57.7 cm³/mol. The molecule has 0 aromatic heterocycles. The van der Waals surface area contributed by atoms with Gasteiger partial charge in [0.15, 0.2) is 5.25 Å². The van der Waals surface area contributed by atoms with Crippen molar-refractivity contribution < 1.29 is 13.2 Å². The second-order valence-electron chi connectivity index (χ2n) is 3.25. The lowest BCUT2D eigenvalue weighted by atomic mass is 10.3. The average molecular weight is 234 g/mol. The fourth-order valence-electron chi connectivity index (χ4n) is 1.13. The summed E-state index contributed by atoms with van der Waals surface area (Å²) < 4.78 is 30.6. The number of ether oxygens (including phenoxy) is 1. The molecule has 6 heteroatoms. The van der Waals surface area contributed by atoms with E-state index in [2.05, 4.69) is 4.72 Å². The van der Waals surface area contributed by atoms with Crippen molar-refractivity contribution in [2.24, 2.45) is 0 Å². The third-order valence-electron chi connectivity index (χ3n) is 2.08. The third-order valence-corrected chi connectivity index (χ3v) is 3.93. The molecule has 0 aliphatic rings. The first kappa shape index (κ1) is 14.4. The smallest absolute Gasteiger partial charge is 0.228 e. The van der Waals surface area contributed by atoms with Gasteiger partial charge in [-0.3, -0.25) is 0 Å². The van der Waals surface area contributed by atoms with Crippen LogP contribution in [-0.4, -0.2) is 33.4 Å². The van der Waals surface area contributed by atoms with E-state index in [4.69, 9.17) is 10.00 Å². The normalized spacial score (nSPS) is 15.6. The Morgan fingerprint density at radius 2 is 2.00 bits per heavy atom. The third kappa shape index (κ3) is 4.60. The van der Waals surface area contributed by atoms with E-state index in [1.807, 2.05) is 6.92 Å². The highest BCUT2D eigenvalue weighted by Crippen LogP contribution is 2.05. The molecule has 1 N–H and O–H groups in total. The van der Waals surface area contributed by atoms with Crippen LogP contribution in [0, 0.1) is 11.3 Å². The first-order valence-corrected chi connectivity index (χ1v) is 6.46. The lowest BCUT2D eigenvalue weighted by Crippen LogP contribution is -2.42. The van der Waals surface area contributed by atoms with Crippen LogP contribution in [0.3, 0.4) is 0 Å². The molecule has 0 radical (unpaired) electrons. The summed E-state index contributed by atoms with van der Waals surface area (Å²) in [7, 11) is -2.03. The number of sulfonamides is 1. The summed E-state index contributed by atoms with van der Waals surface area (Å²) in [4.78, 5) is 0. The maximum absolute atomic E-state index is 11.6. The topological polar surface area (TPSA) is 79.2 Å². The first-order chi connectivity index (χ1) is 7.01. The Kier molecular flexibility index (Phi) is 6.48. The van der Waals surface area contributed by atoms with E-state index in [-0.39, 0.29) is 12.5 Å². The van der Waals surface area contributed by atoms with Gasteiger partial charge in [0.1, 0.15) is 0 Å². The van der Waals surface area contributed by atoms with Gasteiger partial charge in [-0.15, -0.1) is 0 Å². The van der Waals surface area contributed by atoms with Crippen molar-refractivity contribution in [3.8, 4) is 6.07 Å². The van der Waals surface area contributed by atoms with Gasteiger partial charge in [0.2, 0.25) is 10.0 Å². The molecule has 15 heavy (non-hydrogen) atoms. The molecule has 0 bridgehead atoms. The number of rotatable bonds is 7. The molecule has 2 atom stereocenters. The minimum absolute atomic E-state index is 0.262. The number of hydrogen-bond acceptors (Lipinski definition) is 4. The maximum Gasteiger partial charge on any atom is 0.228 e. The SMILES string of the molecule is CCC(COC)NS(=O)(=O)C(C#N)CC. The highest BCUT2D eigenvalue weighted by Gasteiger charge is 2.25. The van der Waals surface area contributed by atoms with Crippen LogP contribution in [0.1, 0.15) is 26.7 Å². The molecular weight excluding hydrogens is 216 g/mol. The standard InChI is InChI=1S/C9H18N2O3S/c1-4-8(7-14-3)11-15(12,13)9(5-2)6-10/h8-9,11H,4-5,7H2,1-3H3. The van der Waals surface area contributed by atoms with Crippen molar-refractivity contribution in [3.05, 3.63) is 0 Å². The van der Waals surface area contributed by atoms with Crippen LogP contribution in [0.15, 0.2) is 0 Å². The van der Waals surface area contributed by atoms with Crippen molar-refractivity contribution in [2.75, 3.05) is 13.7 Å². The highest BCUT2D eigenvalue weighted by molar-refractivity contribution is 7.90. The van der Waals surface area contributed by atoms with Gasteiger partial charge in [0.05, 0.1) is 12.7 Å². The van der Waals surface area contributed by atoms with Crippen LogP contribution in [0.2, 0.25) is 0 Å². The Hall–Kier alpha value is -0.640. The number of hydrogen-bond donors (Lipinski definition) is 1. The average Bonchev–Trinajstić information content (AvgIpc) is 2.18. The summed E-state index contributed by atoms with van der Waals surface area (Å²) >= 11 is 0. The molecule has 0 amide bonds. The van der Waals surface area contributed by atoms with E-state index < -0.39 is 15.3 Å². The molecule has 0 spiro atoms. The van der Waals surface area contributed by atoms with E-state index >= 15 is 0 Å². The number of methoxy groups -OCH3 is 1. The molecule has 0 aliphatic carbocycles. The fraction of sp³-hybridized carbons (Fsp3) is 0.889. The van der Waals surface area contributed by atoms with Crippen LogP contribution in [-0.2, 0) is 14.8 Å². The minimum Gasteiger partial charge on any atom is -0.383 e. The molecule has 0 aromatic rings. The Labute approximate surface area is 91.5 Å². The molecule has 88 valence electrons. The van der Waals surface area contributed by atoms with Crippen LogP contribution in [0.25, 0.3) is 0 Å². The predicted octanol–water partition coefficient (Wildman–Crippen LogP) is 0.633. The highest BCUT2D eigenvalue weighted by atomic mass is 32.2. The van der Waals surface area contributed by atoms with Gasteiger partial charge < -0.3 is 4.74 Å². The molecule has 2 unspecified atom stereocenters. The number of nitriles is 1. The zero-order valence-electron chi connectivity index (χ0n) is 9.36. The summed E-state index contributed by atoms with van der Waals surface area (Å²) in [5.41, 5.74) is 0. The Morgan fingerprint density at radius 3 is 2.33 bits per heavy atom. The monoisotopic (exact) mass is 234 g/mol. The van der Waals surface area contributed by atoms with E-state index in [0.717, 1.165) is 0 Å². The largest absolute Gasteiger partial charge is 0.383 e. The number of nitrogens with one attached hydrogen (secondary N) is 1. The van der Waals surface area contributed by atoms with Crippen LogP contribution >= 0.6 is 0 Å². The summed E-state index contributed by atoms with van der Waals surface area (Å²) in [6.07, 6.45) is 0.921. The van der Waals surface area contributed by atoms with Crippen molar-refractivity contribution in [1.82, 2.24) is 4.72 Å². The van der Waals surface area contributed by atoms with E-state index in [0.29, 0.717) is 13.0 Å². The Balaban J connectivity index is 4.55. The van der Waals surface area contributed by atoms with Gasteiger partial charge in [-0.05, 0) is 12.8 Å². The molecule has 0 rings (SSSR count). The van der Waals surface area contributed by atoms with E-state index in [1.54, 1.807) is 13.0 Å². The van der Waals surface area contributed by atoms with Crippen molar-refractivity contribution >= 4 is 10.0 Å². The second-order valence-corrected chi connectivity index (χ2v) is 5.14. The number of nitrogens with zero attached hydrogens (tertiary/aromatic N) is 1. The molecule has 0 aromatic carbocycles. The van der Waals surface area contributed by atoms with Gasteiger partial charge in [0, 0.05) is 13.2 Å². The fourth-order valence-corrected chi connectivity index (χ4v) is 2.57. The zero-order valence-corrected chi connectivity index (χ0v) is 10.2. The van der Waals surface area contributed by atoms with Crippen LogP contribution in [0.4, 0.5) is 0 Å². The zero-order chi connectivity index (χ0) is 11.9. The van der Waals surface area contributed by atoms with Gasteiger partial charge in [-0.1, -0.05) is 13.8 Å². The second kappa shape index (κ2) is 6.77. The van der Waals surface area contributed by atoms with E-state index in [9.17, 15) is 8.42 Å². The Bertz CT molecular complexity index is 308. The summed E-state index contributed by atoms with van der Waals surface area (Å²) in [6.45, 7) is 3.85. The molecular formula is C9H18N2O3S. The first-order valence-electron chi connectivity index (χ1n) is 4.91. The van der Waals surface area contributed by atoms with Crippen molar-refractivity contribution in [3.63, 3.8) is 0 Å². The van der Waals surface area contributed by atoms with Gasteiger partial charge >= 0.3 is 0 Å². The molecule has 0 fully saturated rings. The van der Waals surface area contributed by atoms with E-state index in [1.165, 1.54) is 7.11 Å². The summed E-state index contributed by atoms with van der Waals surface area (Å²) in [6, 6.07) is 1.51. The van der Waals surface area contributed by atoms with Crippen molar-refractivity contribution in [1.29, 1.82) is 5.26 Å². The Morgan fingerprint density at radius 1 is 1.40 bits per heavy atom. The summed E-state index contributed by atoms with van der Waals surface area (Å²) in [5.74, 6) is 0. The molecule has 0 aliphatic heterocycles. The lowest BCUT2D eigenvalue weighted by Gasteiger charge is -2.17. The quantitative estimate of drug-likeness (QED) is 0.701. The van der Waals surface area contributed by atoms with Gasteiger partial charge in [0.25, 0.3) is 0 Å². The minimum atomic E-state index is -3.55. The van der Waals surface area contributed by atoms with Gasteiger partial charge in [-0.2, -0.15) is 5.26 Å². The van der Waals surface area contributed by atoms with Crippen molar-refractivity contribution in [2.45, 2.75) is 38.0 Å². The maximum atomic E-state index is 11.6. The molecule has 0 saturated heterocycles. The lowest BCUT2D eigenvalue weighted by molar-refractivity contribution is 0.173. The van der Waals surface area contributed by atoms with Gasteiger partial charge in [-0.25, -0.2) is 13.1 Å². The van der Waals surface area contributed by atoms with Crippen LogP contribution < -0.4 is 4.72 Å². The summed E-state index contributed by atoms with van der Waals surface area (Å²) in [5, 5.41) is 7.69. The van der Waals surface area contributed by atoms with Crippen LogP contribution in [0.5, 0.6) is 0 Å². The molecule has 5 nitrogen and oxygen atoms in total. The molecule has 0 heterocycles. The molecule has 0 saturated carbocycles.